The molecule has 0 aromatic heterocycles. The second kappa shape index (κ2) is 7.37. The van der Waals surface area contributed by atoms with Gasteiger partial charge in [0.25, 0.3) is 0 Å². The van der Waals surface area contributed by atoms with Crippen LogP contribution in [0.25, 0.3) is 0 Å². The van der Waals surface area contributed by atoms with Gasteiger partial charge in [-0.2, -0.15) is 0 Å². The molecule has 8 atom stereocenters. The number of rotatable bonds is 3. The summed E-state index contributed by atoms with van der Waals surface area (Å²) in [6.45, 7) is 9.82. The molecule has 0 aromatic carbocycles. The van der Waals surface area contributed by atoms with E-state index in [0.29, 0.717) is 13.0 Å². The number of Topliss-reactive ketones (excluding diaryl/α,β-unsaturated/α-hetero) is 1. The lowest BCUT2D eigenvalue weighted by Gasteiger charge is -2.66. The fourth-order valence-electron chi connectivity index (χ4n) is 9.14. The summed E-state index contributed by atoms with van der Waals surface area (Å²) in [5.74, 6) is -0.0634. The number of amides is 1. The van der Waals surface area contributed by atoms with Gasteiger partial charge in [0.1, 0.15) is 6.61 Å². The molecule has 5 aliphatic rings. The van der Waals surface area contributed by atoms with Gasteiger partial charge in [-0.25, -0.2) is 4.79 Å². The molecule has 0 radical (unpaired) electrons. The molecule has 1 amide bonds. The smallest absolute Gasteiger partial charge is 0.414 e. The molecule has 7 heteroatoms. The monoisotopic (exact) mass is 469 g/mol. The maximum Gasteiger partial charge on any atom is 0.414 e. The summed E-state index contributed by atoms with van der Waals surface area (Å²) >= 11 is 0. The summed E-state index contributed by atoms with van der Waals surface area (Å²) < 4.78 is 5.01. The summed E-state index contributed by atoms with van der Waals surface area (Å²) in [5, 5.41) is 21.9. The first-order chi connectivity index (χ1) is 16.0. The standard InChI is InChI=1S/C27H35NO6/c1-5-34-23(33)28-13-17-11-20-19-7-6-16-10-18(30)8-9-24(16,2)26(19,4)21(31)12-25(20,3)27(17,15-28)22(32)14-29/h5,8-10,17,19-21,29,31H,1,6-7,11-15H2,2-4H3/t17-,19-,20-,21-,24-,25-,26+,27+/m0/s1. The van der Waals surface area contributed by atoms with Crippen LogP contribution >= 0.6 is 0 Å². The quantitative estimate of drug-likeness (QED) is 0.616. The molecule has 0 spiro atoms. The van der Waals surface area contributed by atoms with E-state index < -0.39 is 40.5 Å². The highest BCUT2D eigenvalue weighted by Gasteiger charge is 2.76. The highest BCUT2D eigenvalue weighted by molar-refractivity contribution is 6.01. The Morgan fingerprint density at radius 1 is 1.29 bits per heavy atom. The number of aliphatic hydroxyl groups is 2. The van der Waals surface area contributed by atoms with Gasteiger partial charge in [-0.05, 0) is 61.0 Å². The van der Waals surface area contributed by atoms with Gasteiger partial charge in [0.05, 0.1) is 17.8 Å². The summed E-state index contributed by atoms with van der Waals surface area (Å²) in [4.78, 5) is 39.7. The maximum atomic E-state index is 13.5. The Labute approximate surface area is 200 Å². The number of nitrogens with zero attached hydrogens (tertiary/aromatic N) is 1. The van der Waals surface area contributed by atoms with Crippen molar-refractivity contribution in [1.29, 1.82) is 0 Å². The number of hydrogen-bond donors (Lipinski definition) is 2. The van der Waals surface area contributed by atoms with Crippen molar-refractivity contribution in [2.75, 3.05) is 19.7 Å². The lowest BCUT2D eigenvalue weighted by Crippen LogP contribution is -2.65. The number of aliphatic hydroxyl groups excluding tert-OH is 2. The summed E-state index contributed by atoms with van der Waals surface area (Å²) in [6, 6.07) is 0. The molecular formula is C27H35NO6. The van der Waals surface area contributed by atoms with Crippen molar-refractivity contribution in [1.82, 2.24) is 4.90 Å². The van der Waals surface area contributed by atoms with E-state index in [4.69, 9.17) is 4.74 Å². The molecule has 0 aromatic rings. The molecule has 1 saturated heterocycles. The van der Waals surface area contributed by atoms with E-state index in [2.05, 4.69) is 27.4 Å². The second-order valence-corrected chi connectivity index (χ2v) is 11.7. The maximum absolute atomic E-state index is 13.5. The molecule has 3 saturated carbocycles. The molecule has 2 N–H and O–H groups in total. The molecule has 7 nitrogen and oxygen atoms in total. The average molecular weight is 470 g/mol. The zero-order chi connectivity index (χ0) is 24.7. The fourth-order valence-corrected chi connectivity index (χ4v) is 9.14. The first-order valence-electron chi connectivity index (χ1n) is 12.3. The lowest BCUT2D eigenvalue weighted by atomic mass is 9.39. The van der Waals surface area contributed by atoms with E-state index in [9.17, 15) is 24.6 Å². The Kier molecular flexibility index (Phi) is 5.09. The van der Waals surface area contributed by atoms with E-state index in [-0.39, 0.29) is 35.9 Å². The first kappa shape index (κ1) is 23.5. The van der Waals surface area contributed by atoms with Crippen molar-refractivity contribution in [3.63, 3.8) is 0 Å². The largest absolute Gasteiger partial charge is 0.419 e. The normalized spacial score (nSPS) is 46.7. The number of ether oxygens (including phenoxy) is 1. The topological polar surface area (TPSA) is 104 Å². The molecule has 4 fully saturated rings. The number of fused-ring (bicyclic) bond motifs is 7. The Bertz CT molecular complexity index is 1030. The summed E-state index contributed by atoms with van der Waals surface area (Å²) in [5.41, 5.74) is -1.34. The van der Waals surface area contributed by atoms with Crippen LogP contribution in [0.5, 0.6) is 0 Å². The number of allylic oxidation sites excluding steroid dienone is 4. The summed E-state index contributed by atoms with van der Waals surface area (Å²) in [7, 11) is 0. The molecule has 0 unspecified atom stereocenters. The van der Waals surface area contributed by atoms with Gasteiger partial charge in [-0.15, -0.1) is 0 Å². The van der Waals surface area contributed by atoms with Crippen LogP contribution in [-0.2, 0) is 14.3 Å². The Morgan fingerprint density at radius 3 is 2.71 bits per heavy atom. The Hall–Kier alpha value is -2.25. The SMILES string of the molecule is C=COC(=O)N1C[C@@H]2C[C@H]3[C@@H]4CCC5=CC(=O)C=C[C@]5(C)[C@@]4(C)[C@@H](O)C[C@]3(C)[C@]2(C(=O)CO)C1. The third-order valence-electron chi connectivity index (χ3n) is 11.0. The highest BCUT2D eigenvalue weighted by atomic mass is 16.5. The number of carbonyl (C=O) groups is 3. The zero-order valence-corrected chi connectivity index (χ0v) is 20.3. The number of ketones is 2. The zero-order valence-electron chi connectivity index (χ0n) is 20.3. The Morgan fingerprint density at radius 2 is 2.03 bits per heavy atom. The minimum atomic E-state index is -0.926. The van der Waals surface area contributed by atoms with Gasteiger partial charge >= 0.3 is 6.09 Å². The van der Waals surface area contributed by atoms with E-state index in [1.807, 2.05) is 6.08 Å². The predicted octanol–water partition coefficient (Wildman–Crippen LogP) is 3.02. The van der Waals surface area contributed by atoms with E-state index >= 15 is 0 Å². The van der Waals surface area contributed by atoms with Crippen LogP contribution < -0.4 is 0 Å². The van der Waals surface area contributed by atoms with Crippen LogP contribution in [0.1, 0.15) is 46.5 Å². The van der Waals surface area contributed by atoms with Gasteiger partial charge in [0.15, 0.2) is 11.6 Å². The van der Waals surface area contributed by atoms with Crippen molar-refractivity contribution < 1.29 is 29.3 Å². The number of hydrogen-bond acceptors (Lipinski definition) is 6. The van der Waals surface area contributed by atoms with Crippen molar-refractivity contribution in [2.24, 2.45) is 39.4 Å². The van der Waals surface area contributed by atoms with Crippen LogP contribution in [-0.4, -0.2) is 58.6 Å². The number of carbonyl (C=O) groups excluding carboxylic acids is 3. The van der Waals surface area contributed by atoms with Crippen LogP contribution in [0.4, 0.5) is 4.79 Å². The van der Waals surface area contributed by atoms with E-state index in [1.54, 1.807) is 17.1 Å². The Balaban J connectivity index is 1.58. The van der Waals surface area contributed by atoms with Gasteiger partial charge in [0.2, 0.25) is 0 Å². The average Bonchev–Trinajstić information content (AvgIpc) is 3.29. The van der Waals surface area contributed by atoms with Crippen LogP contribution in [0.3, 0.4) is 0 Å². The van der Waals surface area contributed by atoms with Crippen molar-refractivity contribution >= 4 is 17.7 Å². The lowest BCUT2D eigenvalue weighted by molar-refractivity contribution is -0.191. The number of likely N-dealkylation sites (tertiary alicyclic amines) is 1. The van der Waals surface area contributed by atoms with Crippen molar-refractivity contribution in [3.05, 3.63) is 36.6 Å². The van der Waals surface area contributed by atoms with Crippen LogP contribution in [0, 0.1) is 39.4 Å². The first-order valence-corrected chi connectivity index (χ1v) is 12.3. The fraction of sp³-hybridized carbons (Fsp3) is 0.667. The third kappa shape index (κ3) is 2.57. The highest BCUT2D eigenvalue weighted by Crippen LogP contribution is 2.75. The van der Waals surface area contributed by atoms with E-state index in [1.165, 1.54) is 0 Å². The molecule has 5 rings (SSSR count). The minimum Gasteiger partial charge on any atom is -0.419 e. The van der Waals surface area contributed by atoms with Gasteiger partial charge in [0, 0.05) is 23.9 Å². The van der Waals surface area contributed by atoms with Crippen LogP contribution in [0.15, 0.2) is 36.6 Å². The van der Waals surface area contributed by atoms with Gasteiger partial charge in [-0.3, -0.25) is 9.59 Å². The molecule has 34 heavy (non-hydrogen) atoms. The van der Waals surface area contributed by atoms with Crippen molar-refractivity contribution in [2.45, 2.75) is 52.6 Å². The molecule has 4 aliphatic carbocycles. The molecule has 0 bridgehead atoms. The second-order valence-electron chi connectivity index (χ2n) is 11.7. The van der Waals surface area contributed by atoms with Crippen molar-refractivity contribution in [3.8, 4) is 0 Å². The van der Waals surface area contributed by atoms with E-state index in [0.717, 1.165) is 31.1 Å². The molecular weight excluding hydrogens is 434 g/mol. The molecule has 184 valence electrons. The summed E-state index contributed by atoms with van der Waals surface area (Å²) in [6.07, 6.45) is 7.99. The molecule has 1 heterocycles. The van der Waals surface area contributed by atoms with Crippen LogP contribution in [0.2, 0.25) is 0 Å². The van der Waals surface area contributed by atoms with Gasteiger partial charge < -0.3 is 19.8 Å². The third-order valence-corrected chi connectivity index (χ3v) is 11.0. The molecule has 1 aliphatic heterocycles. The predicted molar refractivity (Wildman–Crippen MR) is 124 cm³/mol. The minimum absolute atomic E-state index is 0.000872. The van der Waals surface area contributed by atoms with Gasteiger partial charge in [-0.1, -0.05) is 39.0 Å².